The zero-order valence-electron chi connectivity index (χ0n) is 28.5. The molecule has 0 amide bonds. The van der Waals surface area contributed by atoms with Crippen LogP contribution in [0.1, 0.15) is 0 Å². The third kappa shape index (κ3) is 5.52. The van der Waals surface area contributed by atoms with Crippen LogP contribution in [0.25, 0.3) is 100 Å². The van der Waals surface area contributed by atoms with E-state index >= 15 is 0 Å². The van der Waals surface area contributed by atoms with Gasteiger partial charge < -0.3 is 4.42 Å². The zero-order valence-corrected chi connectivity index (χ0v) is 28.5. The van der Waals surface area contributed by atoms with Crippen molar-refractivity contribution in [2.24, 2.45) is 0 Å². The first-order valence-electron chi connectivity index (χ1n) is 17.6. The largest absolute Gasteiger partial charge is 0.438 e. The number of rotatable bonds is 6. The highest BCUT2D eigenvalue weighted by Crippen LogP contribution is 2.41. The molecular weight excluding hydrogens is 649 g/mol. The van der Waals surface area contributed by atoms with E-state index in [4.69, 9.17) is 19.4 Å². The molecule has 0 radical (unpaired) electrons. The van der Waals surface area contributed by atoms with Crippen LogP contribution in [0.4, 0.5) is 0 Å². The first-order valence-corrected chi connectivity index (χ1v) is 17.6. The number of furan rings is 1. The molecule has 10 aromatic rings. The summed E-state index contributed by atoms with van der Waals surface area (Å²) in [6.45, 7) is 0. The molecular formula is C48H30N4O. The first-order chi connectivity index (χ1) is 26.3. The van der Waals surface area contributed by atoms with Crippen molar-refractivity contribution in [3.8, 4) is 67.5 Å². The summed E-state index contributed by atoms with van der Waals surface area (Å²) in [5.74, 6) is 1.75. The fraction of sp³-hybridized carbons (Fsp3) is 0. The Morgan fingerprint density at radius 3 is 1.55 bits per heavy atom. The summed E-state index contributed by atoms with van der Waals surface area (Å²) in [6.07, 6.45) is 1.76. The summed E-state index contributed by atoms with van der Waals surface area (Å²) in [7, 11) is 0. The Hall–Kier alpha value is -7.24. The average molecular weight is 679 g/mol. The van der Waals surface area contributed by atoms with Crippen LogP contribution in [0.5, 0.6) is 0 Å². The lowest BCUT2D eigenvalue weighted by molar-refractivity contribution is 0.654. The van der Waals surface area contributed by atoms with Gasteiger partial charge in [-0.2, -0.15) is 0 Å². The molecule has 0 N–H and O–H groups in total. The second-order valence-electron chi connectivity index (χ2n) is 13.0. The van der Waals surface area contributed by atoms with Gasteiger partial charge in [-0.3, -0.25) is 0 Å². The van der Waals surface area contributed by atoms with Crippen LogP contribution < -0.4 is 0 Å². The molecule has 0 spiro atoms. The molecule has 53 heavy (non-hydrogen) atoms. The Morgan fingerprint density at radius 1 is 0.340 bits per heavy atom. The summed E-state index contributed by atoms with van der Waals surface area (Å²) in [6, 6.07) is 60.7. The van der Waals surface area contributed by atoms with Crippen LogP contribution in [0.3, 0.4) is 0 Å². The van der Waals surface area contributed by atoms with Gasteiger partial charge in [0.15, 0.2) is 17.5 Å². The Labute approximate surface area is 305 Å². The fourth-order valence-electron chi connectivity index (χ4n) is 7.27. The van der Waals surface area contributed by atoms with E-state index in [1.165, 1.54) is 5.56 Å². The maximum atomic E-state index is 6.43. The van der Waals surface area contributed by atoms with Gasteiger partial charge in [-0.05, 0) is 74.5 Å². The molecule has 10 rings (SSSR count). The minimum atomic E-state index is 0.560. The van der Waals surface area contributed by atoms with Crippen molar-refractivity contribution in [3.63, 3.8) is 0 Å². The van der Waals surface area contributed by atoms with Gasteiger partial charge in [0, 0.05) is 33.7 Å². The topological polar surface area (TPSA) is 64.7 Å². The summed E-state index contributed by atoms with van der Waals surface area (Å²) in [5, 5.41) is 4.03. The molecule has 5 nitrogen and oxygen atoms in total. The van der Waals surface area contributed by atoms with E-state index in [-0.39, 0.29) is 0 Å². The van der Waals surface area contributed by atoms with Gasteiger partial charge in [0.25, 0.3) is 0 Å². The van der Waals surface area contributed by atoms with Crippen molar-refractivity contribution in [2.75, 3.05) is 0 Å². The molecule has 0 unspecified atom stereocenters. The standard InChI is InChI=1S/C48H30N4O/c1-4-13-31(14-5-1)32-22-24-33(25-23-32)36-29-42(44-41-21-12-28-49-48(41)53-43(44)30-36)47-51-45(35-17-8-3-9-18-35)50-46(52-47)40-27-26-37(34-15-6-2-7-16-34)38-19-10-11-20-39(38)40/h1-30H. The predicted molar refractivity (Wildman–Crippen MR) is 215 cm³/mol. The predicted octanol–water partition coefficient (Wildman–Crippen LogP) is 12.3. The molecule has 0 fully saturated rings. The zero-order chi connectivity index (χ0) is 35.1. The SMILES string of the molecule is c1ccc(-c2ccc(-c3cc(-c4nc(-c5ccccc5)nc(-c5ccc(-c6ccccc6)c6ccccc56)n4)c4c(c3)oc3ncccc34)cc2)cc1. The Balaban J connectivity index is 1.21. The maximum Gasteiger partial charge on any atom is 0.227 e. The molecule has 0 aliphatic heterocycles. The van der Waals surface area contributed by atoms with Gasteiger partial charge in [-0.25, -0.2) is 19.9 Å². The normalized spacial score (nSPS) is 11.4. The van der Waals surface area contributed by atoms with Crippen molar-refractivity contribution in [3.05, 3.63) is 182 Å². The molecule has 248 valence electrons. The molecule has 0 aliphatic rings. The highest BCUT2D eigenvalue weighted by molar-refractivity contribution is 6.12. The van der Waals surface area contributed by atoms with Gasteiger partial charge in [0.1, 0.15) is 5.58 Å². The lowest BCUT2D eigenvalue weighted by Gasteiger charge is -2.14. The summed E-state index contributed by atoms with van der Waals surface area (Å²) in [5.41, 5.74) is 10.7. The summed E-state index contributed by atoms with van der Waals surface area (Å²) < 4.78 is 6.43. The van der Waals surface area contributed by atoms with E-state index in [9.17, 15) is 0 Å². The Bertz CT molecular complexity index is 2920. The number of hydrogen-bond donors (Lipinski definition) is 0. The van der Waals surface area contributed by atoms with Gasteiger partial charge in [-0.15, -0.1) is 0 Å². The number of aromatic nitrogens is 4. The van der Waals surface area contributed by atoms with Crippen LogP contribution in [-0.2, 0) is 0 Å². The van der Waals surface area contributed by atoms with Gasteiger partial charge >= 0.3 is 0 Å². The number of hydrogen-bond acceptors (Lipinski definition) is 5. The quantitative estimate of drug-likeness (QED) is 0.175. The van der Waals surface area contributed by atoms with E-state index < -0.39 is 0 Å². The van der Waals surface area contributed by atoms with Crippen molar-refractivity contribution in [2.45, 2.75) is 0 Å². The Kier molecular flexibility index (Phi) is 7.40. The van der Waals surface area contributed by atoms with Gasteiger partial charge in [0.05, 0.1) is 0 Å². The van der Waals surface area contributed by atoms with Crippen molar-refractivity contribution < 1.29 is 4.42 Å². The van der Waals surface area contributed by atoms with E-state index in [0.717, 1.165) is 71.6 Å². The lowest BCUT2D eigenvalue weighted by Crippen LogP contribution is -2.01. The number of benzene rings is 7. The number of pyridine rings is 1. The highest BCUT2D eigenvalue weighted by Gasteiger charge is 2.21. The summed E-state index contributed by atoms with van der Waals surface area (Å²) >= 11 is 0. The fourth-order valence-corrected chi connectivity index (χ4v) is 7.27. The van der Waals surface area contributed by atoms with Crippen LogP contribution in [0.2, 0.25) is 0 Å². The van der Waals surface area contributed by atoms with Crippen LogP contribution in [0.15, 0.2) is 187 Å². The number of nitrogens with zero attached hydrogens (tertiary/aromatic N) is 4. The van der Waals surface area contributed by atoms with Crippen LogP contribution >= 0.6 is 0 Å². The Morgan fingerprint density at radius 2 is 0.849 bits per heavy atom. The molecule has 0 saturated carbocycles. The number of fused-ring (bicyclic) bond motifs is 4. The van der Waals surface area contributed by atoms with Crippen molar-refractivity contribution in [1.82, 2.24) is 19.9 Å². The molecule has 0 atom stereocenters. The lowest BCUT2D eigenvalue weighted by atomic mass is 9.94. The summed E-state index contributed by atoms with van der Waals surface area (Å²) in [4.78, 5) is 20.2. The molecule has 5 heteroatoms. The minimum absolute atomic E-state index is 0.560. The maximum absolute atomic E-state index is 6.43. The molecule has 0 saturated heterocycles. The minimum Gasteiger partial charge on any atom is -0.438 e. The monoisotopic (exact) mass is 678 g/mol. The molecule has 0 aliphatic carbocycles. The van der Waals surface area contributed by atoms with E-state index in [1.54, 1.807) is 6.20 Å². The molecule has 7 aromatic carbocycles. The third-order valence-corrected chi connectivity index (χ3v) is 9.83. The van der Waals surface area contributed by atoms with Crippen molar-refractivity contribution >= 4 is 32.8 Å². The molecule has 3 aromatic heterocycles. The third-order valence-electron chi connectivity index (χ3n) is 9.83. The molecule has 3 heterocycles. The van der Waals surface area contributed by atoms with Crippen LogP contribution in [-0.4, -0.2) is 19.9 Å². The van der Waals surface area contributed by atoms with Gasteiger partial charge in [-0.1, -0.05) is 146 Å². The van der Waals surface area contributed by atoms with E-state index in [1.807, 2.05) is 54.6 Å². The highest BCUT2D eigenvalue weighted by atomic mass is 16.3. The second kappa shape index (κ2) is 12.8. The van der Waals surface area contributed by atoms with E-state index in [0.29, 0.717) is 23.2 Å². The van der Waals surface area contributed by atoms with E-state index in [2.05, 4.69) is 126 Å². The first kappa shape index (κ1) is 30.6. The smallest absolute Gasteiger partial charge is 0.227 e. The molecule has 0 bridgehead atoms. The van der Waals surface area contributed by atoms with Crippen LogP contribution in [0, 0.1) is 0 Å². The van der Waals surface area contributed by atoms with Crippen molar-refractivity contribution in [1.29, 1.82) is 0 Å². The van der Waals surface area contributed by atoms with Gasteiger partial charge in [0.2, 0.25) is 5.71 Å². The second-order valence-corrected chi connectivity index (χ2v) is 13.0. The average Bonchev–Trinajstić information content (AvgIpc) is 3.62.